The van der Waals surface area contributed by atoms with Crippen LogP contribution in [0, 0.1) is 11.3 Å². The molecule has 0 saturated heterocycles. The molecule has 1 fully saturated rings. The van der Waals surface area contributed by atoms with E-state index in [-0.39, 0.29) is 0 Å². The first-order valence-electron chi connectivity index (χ1n) is 7.63. The summed E-state index contributed by atoms with van der Waals surface area (Å²) >= 11 is 1.79. The van der Waals surface area contributed by atoms with E-state index in [1.54, 1.807) is 11.3 Å². The first-order valence-corrected chi connectivity index (χ1v) is 8.58. The lowest BCUT2D eigenvalue weighted by molar-refractivity contribution is 0.148. The highest BCUT2D eigenvalue weighted by atomic mass is 32.1. The molecule has 0 spiro atoms. The van der Waals surface area contributed by atoms with E-state index >= 15 is 0 Å². The Balaban J connectivity index is 2.00. The van der Waals surface area contributed by atoms with Crippen LogP contribution in [-0.2, 0) is 6.42 Å². The fourth-order valence-electron chi connectivity index (χ4n) is 3.90. The standard InChI is InChI=1S/C16H28N2S/c1-13(2)11-16(8-3-4-9-16)15(18-17)6-5-14-7-10-19-12-14/h7,10,12-13,15,18H,3-6,8-9,11,17H2,1-2H3. The Morgan fingerprint density at radius 2 is 2.11 bits per heavy atom. The van der Waals surface area contributed by atoms with E-state index in [0.717, 1.165) is 12.3 Å². The van der Waals surface area contributed by atoms with Gasteiger partial charge in [0.15, 0.2) is 0 Å². The lowest BCUT2D eigenvalue weighted by Crippen LogP contribution is -2.48. The third-order valence-corrected chi connectivity index (χ3v) is 5.39. The number of nitrogens with two attached hydrogens (primary N) is 1. The minimum atomic E-state index is 0.443. The van der Waals surface area contributed by atoms with Gasteiger partial charge in [0, 0.05) is 6.04 Å². The smallest absolute Gasteiger partial charge is 0.0270 e. The molecule has 0 aliphatic heterocycles. The molecule has 1 heterocycles. The summed E-state index contributed by atoms with van der Waals surface area (Å²) in [5, 5.41) is 4.43. The summed E-state index contributed by atoms with van der Waals surface area (Å²) in [6, 6.07) is 2.71. The Labute approximate surface area is 121 Å². The van der Waals surface area contributed by atoms with Gasteiger partial charge in [0.05, 0.1) is 0 Å². The van der Waals surface area contributed by atoms with Gasteiger partial charge in [-0.1, -0.05) is 26.7 Å². The predicted octanol–water partition coefficient (Wildman–Crippen LogP) is 4.12. The average Bonchev–Trinajstić information content (AvgIpc) is 3.01. The molecule has 1 aliphatic rings. The van der Waals surface area contributed by atoms with Crippen LogP contribution in [0.4, 0.5) is 0 Å². The van der Waals surface area contributed by atoms with Gasteiger partial charge in [0.25, 0.3) is 0 Å². The molecule has 3 heteroatoms. The van der Waals surface area contributed by atoms with E-state index in [0.29, 0.717) is 11.5 Å². The molecule has 108 valence electrons. The van der Waals surface area contributed by atoms with Crippen LogP contribution in [0.5, 0.6) is 0 Å². The van der Waals surface area contributed by atoms with Crippen molar-refractivity contribution in [2.24, 2.45) is 17.2 Å². The summed E-state index contributed by atoms with van der Waals surface area (Å²) in [4.78, 5) is 0. The lowest BCUT2D eigenvalue weighted by Gasteiger charge is -2.39. The molecule has 3 N–H and O–H groups in total. The SMILES string of the molecule is CC(C)CC1(C(CCc2ccsc2)NN)CCCC1. The number of rotatable bonds is 7. The normalized spacial score (nSPS) is 20.0. The largest absolute Gasteiger partial charge is 0.271 e. The van der Waals surface area contributed by atoms with E-state index in [1.165, 1.54) is 44.1 Å². The Morgan fingerprint density at radius 1 is 1.37 bits per heavy atom. The van der Waals surface area contributed by atoms with Gasteiger partial charge in [-0.2, -0.15) is 11.3 Å². The van der Waals surface area contributed by atoms with Gasteiger partial charge in [-0.05, 0) is 65.8 Å². The van der Waals surface area contributed by atoms with Crippen molar-refractivity contribution in [3.05, 3.63) is 22.4 Å². The van der Waals surface area contributed by atoms with E-state index < -0.39 is 0 Å². The topological polar surface area (TPSA) is 38.0 Å². The van der Waals surface area contributed by atoms with Crippen LogP contribution < -0.4 is 11.3 Å². The van der Waals surface area contributed by atoms with Gasteiger partial charge >= 0.3 is 0 Å². The number of thiophene rings is 1. The zero-order chi connectivity index (χ0) is 13.7. The molecule has 1 aromatic heterocycles. The second kappa shape index (κ2) is 6.87. The molecule has 0 radical (unpaired) electrons. The van der Waals surface area contributed by atoms with Crippen LogP contribution in [0.2, 0.25) is 0 Å². The highest BCUT2D eigenvalue weighted by molar-refractivity contribution is 7.07. The molecule has 1 atom stereocenters. The van der Waals surface area contributed by atoms with Crippen LogP contribution in [0.1, 0.15) is 57.9 Å². The second-order valence-electron chi connectivity index (χ2n) is 6.56. The van der Waals surface area contributed by atoms with Crippen LogP contribution in [-0.4, -0.2) is 6.04 Å². The second-order valence-corrected chi connectivity index (χ2v) is 7.34. The van der Waals surface area contributed by atoms with Gasteiger partial charge in [-0.3, -0.25) is 11.3 Å². The van der Waals surface area contributed by atoms with Crippen molar-refractivity contribution in [3.8, 4) is 0 Å². The van der Waals surface area contributed by atoms with Crippen molar-refractivity contribution in [3.63, 3.8) is 0 Å². The third-order valence-electron chi connectivity index (χ3n) is 4.66. The lowest BCUT2D eigenvalue weighted by atomic mass is 9.71. The van der Waals surface area contributed by atoms with Crippen LogP contribution >= 0.6 is 11.3 Å². The molecule has 1 aliphatic carbocycles. The van der Waals surface area contributed by atoms with Crippen molar-refractivity contribution >= 4 is 11.3 Å². The maximum Gasteiger partial charge on any atom is 0.0270 e. The molecule has 2 nitrogen and oxygen atoms in total. The van der Waals surface area contributed by atoms with Gasteiger partial charge in [-0.15, -0.1) is 0 Å². The first-order chi connectivity index (χ1) is 9.16. The number of hydrazine groups is 1. The van der Waals surface area contributed by atoms with E-state index in [4.69, 9.17) is 5.84 Å². The van der Waals surface area contributed by atoms with E-state index in [1.807, 2.05) is 0 Å². The number of nitrogens with one attached hydrogen (secondary N) is 1. The Kier molecular flexibility index (Phi) is 5.43. The van der Waals surface area contributed by atoms with Crippen molar-refractivity contribution < 1.29 is 0 Å². The predicted molar refractivity (Wildman–Crippen MR) is 84.1 cm³/mol. The fourth-order valence-corrected chi connectivity index (χ4v) is 4.60. The van der Waals surface area contributed by atoms with Gasteiger partial charge in [0.1, 0.15) is 0 Å². The fraction of sp³-hybridized carbons (Fsp3) is 0.750. The van der Waals surface area contributed by atoms with Crippen LogP contribution in [0.3, 0.4) is 0 Å². The molecular weight excluding hydrogens is 252 g/mol. The minimum Gasteiger partial charge on any atom is -0.271 e. The maximum atomic E-state index is 5.91. The molecular formula is C16H28N2S. The highest BCUT2D eigenvalue weighted by Crippen LogP contribution is 2.46. The molecule has 0 amide bonds. The zero-order valence-electron chi connectivity index (χ0n) is 12.3. The number of hydrogen-bond donors (Lipinski definition) is 2. The summed E-state index contributed by atoms with van der Waals surface area (Å²) in [5.41, 5.74) is 5.06. The summed E-state index contributed by atoms with van der Waals surface area (Å²) in [6.45, 7) is 4.68. The highest BCUT2D eigenvalue weighted by Gasteiger charge is 2.40. The monoisotopic (exact) mass is 280 g/mol. The van der Waals surface area contributed by atoms with Crippen molar-refractivity contribution in [1.82, 2.24) is 5.43 Å². The van der Waals surface area contributed by atoms with E-state index in [9.17, 15) is 0 Å². The molecule has 2 rings (SSSR count). The first kappa shape index (κ1) is 15.0. The zero-order valence-corrected chi connectivity index (χ0v) is 13.1. The molecule has 0 aromatic carbocycles. The third kappa shape index (κ3) is 3.80. The summed E-state index contributed by atoms with van der Waals surface area (Å²) in [6.07, 6.45) is 9.09. The molecule has 1 saturated carbocycles. The van der Waals surface area contributed by atoms with Crippen molar-refractivity contribution in [2.75, 3.05) is 0 Å². The van der Waals surface area contributed by atoms with E-state index in [2.05, 4.69) is 36.1 Å². The van der Waals surface area contributed by atoms with Crippen molar-refractivity contribution in [1.29, 1.82) is 0 Å². The minimum absolute atomic E-state index is 0.443. The Bertz CT molecular complexity index is 353. The molecule has 1 unspecified atom stereocenters. The van der Waals surface area contributed by atoms with Gasteiger partial charge in [0.2, 0.25) is 0 Å². The maximum absolute atomic E-state index is 5.91. The van der Waals surface area contributed by atoms with Gasteiger partial charge < -0.3 is 0 Å². The summed E-state index contributed by atoms with van der Waals surface area (Å²) in [5.74, 6) is 6.66. The van der Waals surface area contributed by atoms with Crippen LogP contribution in [0.15, 0.2) is 16.8 Å². The Hall–Kier alpha value is -0.380. The Morgan fingerprint density at radius 3 is 2.63 bits per heavy atom. The molecule has 1 aromatic rings. The van der Waals surface area contributed by atoms with Crippen LogP contribution in [0.25, 0.3) is 0 Å². The van der Waals surface area contributed by atoms with Crippen molar-refractivity contribution in [2.45, 2.75) is 64.8 Å². The quantitative estimate of drug-likeness (QED) is 0.582. The summed E-state index contributed by atoms with van der Waals surface area (Å²) in [7, 11) is 0. The summed E-state index contributed by atoms with van der Waals surface area (Å²) < 4.78 is 0. The number of hydrogen-bond acceptors (Lipinski definition) is 3. The average molecular weight is 280 g/mol. The van der Waals surface area contributed by atoms with Gasteiger partial charge in [-0.25, -0.2) is 0 Å². The molecule has 19 heavy (non-hydrogen) atoms. The molecule has 0 bridgehead atoms. The number of aryl methyl sites for hydroxylation is 1.